The summed E-state index contributed by atoms with van der Waals surface area (Å²) in [5.41, 5.74) is 1.84. The largest absolute Gasteiger partial charge is 0.481 e. The molecule has 0 aliphatic carbocycles. The molecule has 174 valence electrons. The summed E-state index contributed by atoms with van der Waals surface area (Å²) in [6.07, 6.45) is 0.567. The fraction of sp³-hybridized carbons (Fsp3) is 0.407. The molecule has 0 spiro atoms. The van der Waals surface area contributed by atoms with E-state index in [0.717, 1.165) is 11.1 Å². The van der Waals surface area contributed by atoms with Crippen molar-refractivity contribution in [2.45, 2.75) is 45.4 Å². The Morgan fingerprint density at radius 1 is 0.909 bits per heavy atom. The molecule has 6 heteroatoms. The molecule has 1 aliphatic heterocycles. The molecule has 2 aromatic carbocycles. The molecule has 1 aliphatic rings. The maximum absolute atomic E-state index is 12.9. The summed E-state index contributed by atoms with van der Waals surface area (Å²) in [6.45, 7) is 4.88. The van der Waals surface area contributed by atoms with E-state index in [0.29, 0.717) is 6.42 Å². The third kappa shape index (κ3) is 5.56. The minimum atomic E-state index is -1.07. The molecule has 1 saturated heterocycles. The Hall–Kier alpha value is -3.28. The Labute approximate surface area is 194 Å². The van der Waals surface area contributed by atoms with Gasteiger partial charge in [-0.1, -0.05) is 74.5 Å². The highest BCUT2D eigenvalue weighted by Crippen LogP contribution is 2.44. The van der Waals surface area contributed by atoms with Gasteiger partial charge in [0.25, 0.3) is 0 Å². The van der Waals surface area contributed by atoms with Gasteiger partial charge >= 0.3 is 17.9 Å². The highest BCUT2D eigenvalue weighted by molar-refractivity contribution is 5.97. The van der Waals surface area contributed by atoms with Gasteiger partial charge in [0.05, 0.1) is 17.8 Å². The lowest BCUT2D eigenvalue weighted by Crippen LogP contribution is -2.33. The van der Waals surface area contributed by atoms with Crippen LogP contribution in [0.2, 0.25) is 0 Å². The molecular formula is C27H30O6. The van der Waals surface area contributed by atoms with Crippen LogP contribution in [0.4, 0.5) is 0 Å². The van der Waals surface area contributed by atoms with Crippen LogP contribution in [0, 0.1) is 23.7 Å². The first-order chi connectivity index (χ1) is 15.7. The van der Waals surface area contributed by atoms with Crippen molar-refractivity contribution in [3.63, 3.8) is 0 Å². The van der Waals surface area contributed by atoms with E-state index in [-0.39, 0.29) is 18.1 Å². The number of ether oxygens (including phenoxy) is 1. The molecule has 1 fully saturated rings. The quantitative estimate of drug-likeness (QED) is 0.420. The lowest BCUT2D eigenvalue weighted by Gasteiger charge is -2.30. The molecule has 6 nitrogen and oxygen atoms in total. The van der Waals surface area contributed by atoms with E-state index in [9.17, 15) is 24.3 Å². The number of carboxylic acids is 1. The number of cyclic esters (lactones) is 2. The molecule has 0 bridgehead atoms. The van der Waals surface area contributed by atoms with Gasteiger partial charge in [-0.05, 0) is 42.7 Å². The summed E-state index contributed by atoms with van der Waals surface area (Å²) >= 11 is 0. The molecule has 6 atom stereocenters. The monoisotopic (exact) mass is 450 g/mol. The summed E-state index contributed by atoms with van der Waals surface area (Å²) in [5, 5.41) is 9.54. The van der Waals surface area contributed by atoms with E-state index >= 15 is 0 Å². The number of aliphatic carboxylic acids is 1. The highest BCUT2D eigenvalue weighted by atomic mass is 16.6. The lowest BCUT2D eigenvalue weighted by molar-refractivity contribution is -0.154. The number of benzene rings is 2. The van der Waals surface area contributed by atoms with Crippen molar-refractivity contribution in [1.29, 1.82) is 0 Å². The fourth-order valence-corrected chi connectivity index (χ4v) is 4.90. The molecular weight excluding hydrogens is 420 g/mol. The standard InChI is InChI=1S/C27H30O6/c1-16(19-10-6-4-7-11-19)14-23-24(27(32)33-26(23)31)22(20-12-8-5-9-13-20)15-21(18(3)28)17(2)25(29)30/h4-13,16-17,21-24H,14-15H2,1-3H3,(H,29,30). The van der Waals surface area contributed by atoms with Gasteiger partial charge in [-0.3, -0.25) is 19.2 Å². The van der Waals surface area contributed by atoms with Crippen LogP contribution in [-0.4, -0.2) is 28.8 Å². The number of ketones is 1. The molecule has 0 saturated carbocycles. The summed E-state index contributed by atoms with van der Waals surface area (Å²) in [4.78, 5) is 49.8. The van der Waals surface area contributed by atoms with Gasteiger partial charge < -0.3 is 9.84 Å². The number of Topliss-reactive ketones (excluding diaryl/α,β-unsaturated/α-hetero) is 1. The zero-order valence-electron chi connectivity index (χ0n) is 19.1. The second-order valence-corrected chi connectivity index (χ2v) is 9.02. The predicted molar refractivity (Wildman–Crippen MR) is 122 cm³/mol. The molecule has 2 aromatic rings. The van der Waals surface area contributed by atoms with E-state index in [1.54, 1.807) is 0 Å². The second-order valence-electron chi connectivity index (χ2n) is 9.02. The third-order valence-electron chi connectivity index (χ3n) is 6.87. The van der Waals surface area contributed by atoms with Crippen LogP contribution in [0.5, 0.6) is 0 Å². The SMILES string of the molecule is CC(=O)C(CC(c1ccccc1)C1C(=O)OC(=O)C1CC(C)c1ccccc1)C(C)C(=O)O. The Kier molecular flexibility index (Phi) is 7.79. The fourth-order valence-electron chi connectivity index (χ4n) is 4.90. The van der Waals surface area contributed by atoms with Crippen molar-refractivity contribution in [1.82, 2.24) is 0 Å². The van der Waals surface area contributed by atoms with E-state index in [2.05, 4.69) is 0 Å². The number of rotatable bonds is 10. The molecule has 6 unspecified atom stereocenters. The lowest BCUT2D eigenvalue weighted by atomic mass is 9.70. The van der Waals surface area contributed by atoms with Crippen molar-refractivity contribution in [3.05, 3.63) is 71.8 Å². The van der Waals surface area contributed by atoms with E-state index in [4.69, 9.17) is 4.74 Å². The smallest absolute Gasteiger partial charge is 0.318 e. The van der Waals surface area contributed by atoms with Gasteiger partial charge in [0, 0.05) is 5.92 Å². The van der Waals surface area contributed by atoms with Crippen molar-refractivity contribution < 1.29 is 29.0 Å². The van der Waals surface area contributed by atoms with Crippen LogP contribution in [0.1, 0.15) is 56.6 Å². The van der Waals surface area contributed by atoms with Crippen molar-refractivity contribution >= 4 is 23.7 Å². The van der Waals surface area contributed by atoms with Crippen LogP contribution in [0.3, 0.4) is 0 Å². The van der Waals surface area contributed by atoms with Crippen LogP contribution in [0.25, 0.3) is 0 Å². The normalized spacial score (nSPS) is 21.7. The number of esters is 2. The van der Waals surface area contributed by atoms with Crippen molar-refractivity contribution in [2.75, 3.05) is 0 Å². The zero-order chi connectivity index (χ0) is 24.1. The van der Waals surface area contributed by atoms with Gasteiger partial charge in [0.2, 0.25) is 0 Å². The van der Waals surface area contributed by atoms with Crippen LogP contribution in [0.15, 0.2) is 60.7 Å². The Morgan fingerprint density at radius 3 is 1.97 bits per heavy atom. The molecule has 0 aromatic heterocycles. The van der Waals surface area contributed by atoms with Gasteiger partial charge in [0.15, 0.2) is 0 Å². The van der Waals surface area contributed by atoms with Gasteiger partial charge in [-0.15, -0.1) is 0 Å². The Balaban J connectivity index is 1.98. The van der Waals surface area contributed by atoms with Gasteiger partial charge in [-0.25, -0.2) is 0 Å². The minimum Gasteiger partial charge on any atom is -0.481 e. The van der Waals surface area contributed by atoms with Crippen LogP contribution < -0.4 is 0 Å². The van der Waals surface area contributed by atoms with Crippen molar-refractivity contribution in [2.24, 2.45) is 23.7 Å². The maximum atomic E-state index is 12.9. The topological polar surface area (TPSA) is 97.7 Å². The first kappa shape index (κ1) is 24.4. The Bertz CT molecular complexity index is 1000. The van der Waals surface area contributed by atoms with Crippen LogP contribution >= 0.6 is 0 Å². The van der Waals surface area contributed by atoms with Gasteiger partial charge in [0.1, 0.15) is 5.78 Å². The molecule has 0 amide bonds. The van der Waals surface area contributed by atoms with E-state index in [1.807, 2.05) is 67.6 Å². The highest BCUT2D eigenvalue weighted by Gasteiger charge is 2.50. The summed E-state index contributed by atoms with van der Waals surface area (Å²) in [7, 11) is 0. The first-order valence-electron chi connectivity index (χ1n) is 11.3. The molecule has 0 radical (unpaired) electrons. The summed E-state index contributed by atoms with van der Waals surface area (Å²) in [6, 6.07) is 18.9. The maximum Gasteiger partial charge on any atom is 0.318 e. The molecule has 1 heterocycles. The third-order valence-corrected chi connectivity index (χ3v) is 6.87. The van der Waals surface area contributed by atoms with Gasteiger partial charge in [-0.2, -0.15) is 0 Å². The average Bonchev–Trinajstić information content (AvgIpc) is 3.07. The minimum absolute atomic E-state index is 0.00937. The van der Waals surface area contributed by atoms with E-state index < -0.39 is 47.5 Å². The predicted octanol–water partition coefficient (Wildman–Crippen LogP) is 4.60. The van der Waals surface area contributed by atoms with Crippen molar-refractivity contribution in [3.8, 4) is 0 Å². The number of carbonyl (C=O) groups is 4. The van der Waals surface area contributed by atoms with Crippen LogP contribution in [-0.2, 0) is 23.9 Å². The number of hydrogen-bond acceptors (Lipinski definition) is 5. The molecule has 33 heavy (non-hydrogen) atoms. The Morgan fingerprint density at radius 2 is 1.45 bits per heavy atom. The average molecular weight is 451 g/mol. The summed E-state index contributed by atoms with van der Waals surface area (Å²) < 4.78 is 5.10. The first-order valence-corrected chi connectivity index (χ1v) is 11.3. The summed E-state index contributed by atoms with van der Waals surface area (Å²) in [5.74, 6) is -6.15. The number of hydrogen-bond donors (Lipinski definition) is 1. The molecule has 3 rings (SSSR count). The second kappa shape index (κ2) is 10.6. The van der Waals surface area contributed by atoms with E-state index in [1.165, 1.54) is 13.8 Å². The zero-order valence-corrected chi connectivity index (χ0v) is 19.1. The molecule has 1 N–H and O–H groups in total. The number of carboxylic acid groups (broad SMARTS) is 1. The number of carbonyl (C=O) groups excluding carboxylic acids is 3.